The molecule has 1 aromatic carbocycles. The molecule has 0 unspecified atom stereocenters. The van der Waals surface area contributed by atoms with E-state index in [-0.39, 0.29) is 5.91 Å². The molecule has 1 saturated heterocycles. The van der Waals surface area contributed by atoms with Crippen molar-refractivity contribution in [3.8, 4) is 0 Å². The van der Waals surface area contributed by atoms with Gasteiger partial charge < -0.3 is 20.9 Å². The van der Waals surface area contributed by atoms with Gasteiger partial charge in [0.15, 0.2) is 0 Å². The Balaban J connectivity index is 1.76. The number of pyridine rings is 1. The highest BCUT2D eigenvalue weighted by molar-refractivity contribution is 6.05. The number of benzene rings is 1. The predicted octanol–water partition coefficient (Wildman–Crippen LogP) is 1.98. The summed E-state index contributed by atoms with van der Waals surface area (Å²) in [6.07, 6.45) is 1.69. The fraction of sp³-hybridized carbons (Fsp3) is 0.333. The number of nitrogen functional groups attached to an aromatic ring is 1. The summed E-state index contributed by atoms with van der Waals surface area (Å²) in [5.41, 5.74) is 8.74. The molecule has 2 aromatic rings. The number of carbonyl (C=O) groups is 1. The number of aryl methyl sites for hydroxylation is 1. The fourth-order valence-corrected chi connectivity index (χ4v) is 2.74. The van der Waals surface area contributed by atoms with E-state index in [1.54, 1.807) is 18.3 Å². The lowest BCUT2D eigenvalue weighted by molar-refractivity contribution is 0.102. The zero-order chi connectivity index (χ0) is 17.1. The first-order chi connectivity index (χ1) is 11.5. The van der Waals surface area contributed by atoms with Crippen LogP contribution in [0.2, 0.25) is 0 Å². The van der Waals surface area contributed by atoms with E-state index in [4.69, 9.17) is 5.73 Å². The monoisotopic (exact) mass is 325 g/mol. The summed E-state index contributed by atoms with van der Waals surface area (Å²) in [5.74, 6) is 0.696. The number of anilines is 3. The molecule has 24 heavy (non-hydrogen) atoms. The van der Waals surface area contributed by atoms with Crippen LogP contribution < -0.4 is 16.0 Å². The van der Waals surface area contributed by atoms with Gasteiger partial charge >= 0.3 is 0 Å². The molecule has 1 aliphatic heterocycles. The van der Waals surface area contributed by atoms with E-state index in [1.807, 2.05) is 25.1 Å². The zero-order valence-corrected chi connectivity index (χ0v) is 14.1. The molecule has 1 amide bonds. The van der Waals surface area contributed by atoms with Crippen LogP contribution >= 0.6 is 0 Å². The van der Waals surface area contributed by atoms with Gasteiger partial charge in [-0.3, -0.25) is 4.79 Å². The molecule has 3 rings (SSSR count). The maximum Gasteiger partial charge on any atom is 0.255 e. The summed E-state index contributed by atoms with van der Waals surface area (Å²) in [7, 11) is 2.11. The Kier molecular flexibility index (Phi) is 4.66. The smallest absolute Gasteiger partial charge is 0.255 e. The van der Waals surface area contributed by atoms with Gasteiger partial charge in [-0.1, -0.05) is 6.07 Å². The highest BCUT2D eigenvalue weighted by Gasteiger charge is 2.17. The van der Waals surface area contributed by atoms with E-state index >= 15 is 0 Å². The van der Waals surface area contributed by atoms with Crippen LogP contribution in [0.4, 0.5) is 17.2 Å². The van der Waals surface area contributed by atoms with Crippen LogP contribution in [0.3, 0.4) is 0 Å². The molecule has 2 heterocycles. The Labute approximate surface area is 142 Å². The molecule has 1 fully saturated rings. The van der Waals surface area contributed by atoms with Crippen molar-refractivity contribution in [2.45, 2.75) is 6.92 Å². The second kappa shape index (κ2) is 6.88. The van der Waals surface area contributed by atoms with Crippen molar-refractivity contribution in [1.82, 2.24) is 9.88 Å². The fourth-order valence-electron chi connectivity index (χ4n) is 2.74. The van der Waals surface area contributed by atoms with E-state index in [0.29, 0.717) is 11.3 Å². The van der Waals surface area contributed by atoms with Gasteiger partial charge in [0.25, 0.3) is 5.91 Å². The molecule has 0 radical (unpaired) electrons. The Bertz CT molecular complexity index is 738. The van der Waals surface area contributed by atoms with E-state index in [9.17, 15) is 4.79 Å². The quantitative estimate of drug-likeness (QED) is 0.844. The average molecular weight is 325 g/mol. The second-order valence-corrected chi connectivity index (χ2v) is 6.22. The standard InChI is InChI=1S/C18H23N5O/c1-13-3-4-15(19)12-16(13)21-18(24)14-5-6-20-17(11-14)23-9-7-22(2)8-10-23/h3-6,11-12H,7-10,19H2,1-2H3,(H,21,24). The van der Waals surface area contributed by atoms with Crippen molar-refractivity contribution in [3.05, 3.63) is 47.7 Å². The third-order valence-corrected chi connectivity index (χ3v) is 4.34. The van der Waals surface area contributed by atoms with Gasteiger partial charge in [0.2, 0.25) is 0 Å². The normalized spacial score (nSPS) is 15.3. The summed E-state index contributed by atoms with van der Waals surface area (Å²) in [6.45, 7) is 5.78. The maximum absolute atomic E-state index is 12.6. The number of hydrogen-bond donors (Lipinski definition) is 2. The van der Waals surface area contributed by atoms with Crippen molar-refractivity contribution in [2.24, 2.45) is 0 Å². The summed E-state index contributed by atoms with van der Waals surface area (Å²) in [6, 6.07) is 9.07. The van der Waals surface area contributed by atoms with Crippen molar-refractivity contribution < 1.29 is 4.79 Å². The van der Waals surface area contributed by atoms with E-state index in [2.05, 4.69) is 27.1 Å². The number of carbonyl (C=O) groups excluding carboxylic acids is 1. The minimum Gasteiger partial charge on any atom is -0.399 e. The molecule has 6 nitrogen and oxygen atoms in total. The Morgan fingerprint density at radius 3 is 2.67 bits per heavy atom. The lowest BCUT2D eigenvalue weighted by atomic mass is 10.1. The van der Waals surface area contributed by atoms with Crippen LogP contribution in [0.25, 0.3) is 0 Å². The highest BCUT2D eigenvalue weighted by Crippen LogP contribution is 2.20. The minimum absolute atomic E-state index is 0.151. The van der Waals surface area contributed by atoms with Crippen LogP contribution in [0.5, 0.6) is 0 Å². The molecule has 1 aliphatic rings. The molecule has 3 N–H and O–H groups in total. The number of hydrogen-bond acceptors (Lipinski definition) is 5. The lowest BCUT2D eigenvalue weighted by Crippen LogP contribution is -2.44. The van der Waals surface area contributed by atoms with E-state index in [0.717, 1.165) is 43.2 Å². The first-order valence-corrected chi connectivity index (χ1v) is 8.10. The number of nitrogens with zero attached hydrogens (tertiary/aromatic N) is 3. The summed E-state index contributed by atoms with van der Waals surface area (Å²) in [4.78, 5) is 21.5. The van der Waals surface area contributed by atoms with Crippen molar-refractivity contribution in [1.29, 1.82) is 0 Å². The maximum atomic E-state index is 12.6. The van der Waals surface area contributed by atoms with Crippen molar-refractivity contribution in [2.75, 3.05) is 49.2 Å². The Hall–Kier alpha value is -2.60. The third-order valence-electron chi connectivity index (χ3n) is 4.34. The van der Waals surface area contributed by atoms with Crippen molar-refractivity contribution in [3.63, 3.8) is 0 Å². The average Bonchev–Trinajstić information content (AvgIpc) is 2.59. The van der Waals surface area contributed by atoms with Gasteiger partial charge in [-0.05, 0) is 43.8 Å². The number of likely N-dealkylation sites (N-methyl/N-ethyl adjacent to an activating group) is 1. The summed E-state index contributed by atoms with van der Waals surface area (Å²) < 4.78 is 0. The van der Waals surface area contributed by atoms with Crippen molar-refractivity contribution >= 4 is 23.1 Å². The molecule has 0 bridgehead atoms. The van der Waals surface area contributed by atoms with Crippen LogP contribution in [0.1, 0.15) is 15.9 Å². The molecule has 1 aromatic heterocycles. The summed E-state index contributed by atoms with van der Waals surface area (Å²) in [5, 5.41) is 2.93. The molecule has 126 valence electrons. The second-order valence-electron chi connectivity index (χ2n) is 6.22. The zero-order valence-electron chi connectivity index (χ0n) is 14.1. The third kappa shape index (κ3) is 3.65. The van der Waals surface area contributed by atoms with Gasteiger partial charge in [0, 0.05) is 49.3 Å². The molecule has 0 spiro atoms. The molecule has 0 aliphatic carbocycles. The number of rotatable bonds is 3. The largest absolute Gasteiger partial charge is 0.399 e. The molecule has 6 heteroatoms. The predicted molar refractivity (Wildman–Crippen MR) is 97.5 cm³/mol. The van der Waals surface area contributed by atoms with Gasteiger partial charge in [-0.2, -0.15) is 0 Å². The lowest BCUT2D eigenvalue weighted by Gasteiger charge is -2.33. The van der Waals surface area contributed by atoms with E-state index in [1.165, 1.54) is 0 Å². The Morgan fingerprint density at radius 1 is 1.17 bits per heavy atom. The van der Waals surface area contributed by atoms with Gasteiger partial charge in [0.1, 0.15) is 5.82 Å². The first kappa shape index (κ1) is 16.3. The molecule has 0 saturated carbocycles. The van der Waals surface area contributed by atoms with Gasteiger partial charge in [-0.15, -0.1) is 0 Å². The number of nitrogens with one attached hydrogen (secondary N) is 1. The van der Waals surface area contributed by atoms with Gasteiger partial charge in [-0.25, -0.2) is 4.98 Å². The van der Waals surface area contributed by atoms with Crippen LogP contribution in [-0.2, 0) is 0 Å². The highest BCUT2D eigenvalue weighted by atomic mass is 16.1. The number of amides is 1. The number of nitrogens with two attached hydrogens (primary N) is 1. The number of piperazine rings is 1. The van der Waals surface area contributed by atoms with Crippen LogP contribution in [0, 0.1) is 6.92 Å². The van der Waals surface area contributed by atoms with E-state index < -0.39 is 0 Å². The minimum atomic E-state index is -0.151. The number of aromatic nitrogens is 1. The topological polar surface area (TPSA) is 74.5 Å². The van der Waals surface area contributed by atoms with Crippen LogP contribution in [0.15, 0.2) is 36.5 Å². The van der Waals surface area contributed by atoms with Gasteiger partial charge in [0.05, 0.1) is 0 Å². The Morgan fingerprint density at radius 2 is 1.92 bits per heavy atom. The van der Waals surface area contributed by atoms with Crippen LogP contribution in [-0.4, -0.2) is 49.0 Å². The molecule has 0 atom stereocenters. The SMILES string of the molecule is Cc1ccc(N)cc1NC(=O)c1ccnc(N2CCN(C)CC2)c1. The first-order valence-electron chi connectivity index (χ1n) is 8.10. The molecular weight excluding hydrogens is 302 g/mol. The molecular formula is C18H23N5O. The summed E-state index contributed by atoms with van der Waals surface area (Å²) >= 11 is 0.